The standard InChI is InChI=1S/C11H14N2O/c12-11(14)7-13-10-5-8-3-1-2-4-9(8)6-10/h1-4,10,13H,5-7H2,(H2,12,14)/p+1. The van der Waals surface area contributed by atoms with Crippen molar-refractivity contribution in [3.05, 3.63) is 35.4 Å². The van der Waals surface area contributed by atoms with Crippen LogP contribution in [0.15, 0.2) is 24.3 Å². The molecule has 1 aliphatic rings. The topological polar surface area (TPSA) is 55.1 Å². The fraction of sp³-hybridized carbons (Fsp3) is 0.364. The Morgan fingerprint density at radius 2 is 2.00 bits per heavy atom. The molecule has 14 heavy (non-hydrogen) atoms. The molecule has 0 spiro atoms. The van der Waals surface area contributed by atoms with Crippen LogP contribution in [0.4, 0.5) is 0 Å². The molecule has 3 heteroatoms. The average molecular weight is 191 g/mol. The maximum atomic E-state index is 10.6. The second-order valence-electron chi connectivity index (χ2n) is 3.72. The molecule has 1 aliphatic carbocycles. The first kappa shape index (κ1) is 9.21. The van der Waals surface area contributed by atoms with Crippen molar-refractivity contribution in [2.24, 2.45) is 5.73 Å². The number of primary amides is 1. The minimum absolute atomic E-state index is 0. The van der Waals surface area contributed by atoms with Gasteiger partial charge in [-0.05, 0) is 24.0 Å². The second-order valence-corrected chi connectivity index (χ2v) is 3.72. The lowest BCUT2D eigenvalue weighted by Crippen LogP contribution is -2.36. The van der Waals surface area contributed by atoms with Crippen molar-refractivity contribution < 1.29 is 6.22 Å². The Balaban J connectivity index is 0.00000112. The van der Waals surface area contributed by atoms with E-state index in [0.29, 0.717) is 6.04 Å². The lowest BCUT2D eigenvalue weighted by Gasteiger charge is -2.09. The van der Waals surface area contributed by atoms with Crippen molar-refractivity contribution in [3.8, 4) is 0 Å². The van der Waals surface area contributed by atoms with Gasteiger partial charge in [0, 0.05) is 6.04 Å². The van der Waals surface area contributed by atoms with Crippen LogP contribution in [0, 0.1) is 0 Å². The number of amides is 1. The molecule has 0 radical (unpaired) electrons. The first-order valence-electron chi connectivity index (χ1n) is 4.84. The van der Waals surface area contributed by atoms with E-state index in [2.05, 4.69) is 29.6 Å². The van der Waals surface area contributed by atoms with E-state index >= 15 is 0 Å². The molecule has 0 saturated heterocycles. The van der Waals surface area contributed by atoms with Gasteiger partial charge in [-0.3, -0.25) is 4.79 Å². The van der Waals surface area contributed by atoms with E-state index in [0.717, 1.165) is 12.8 Å². The fourth-order valence-corrected chi connectivity index (χ4v) is 1.95. The minimum Gasteiger partial charge on any atom is -0.369 e. The largest absolute Gasteiger partial charge is 1.00 e. The summed E-state index contributed by atoms with van der Waals surface area (Å²) in [5.41, 5.74) is 7.84. The van der Waals surface area contributed by atoms with Gasteiger partial charge in [-0.2, -0.15) is 0 Å². The van der Waals surface area contributed by atoms with Crippen LogP contribution in [0.1, 0.15) is 12.6 Å². The number of fused-ring (bicyclic) bond motifs is 1. The summed E-state index contributed by atoms with van der Waals surface area (Å²) in [6, 6.07) is 8.76. The zero-order valence-electron chi connectivity index (χ0n) is 8.99. The summed E-state index contributed by atoms with van der Waals surface area (Å²) in [7, 11) is 0. The smallest absolute Gasteiger partial charge is 0.369 e. The third-order valence-corrected chi connectivity index (χ3v) is 2.62. The zero-order chi connectivity index (χ0) is 9.97. The Bertz CT molecular complexity index is 329. The summed E-state index contributed by atoms with van der Waals surface area (Å²) in [4.78, 5) is 10.6. The van der Waals surface area contributed by atoms with Crippen LogP contribution < -0.4 is 11.1 Å². The predicted octanol–water partition coefficient (Wildman–Crippen LogP) is 0.341. The van der Waals surface area contributed by atoms with Gasteiger partial charge in [-0.15, -0.1) is 0 Å². The highest BCUT2D eigenvalue weighted by Crippen LogP contribution is 2.21. The zero-order valence-corrected chi connectivity index (χ0v) is 7.99. The number of carbonyl (C=O) groups excluding carboxylic acids is 1. The number of hydrogen-bond acceptors (Lipinski definition) is 2. The maximum Gasteiger partial charge on any atom is 1.00 e. The van der Waals surface area contributed by atoms with Gasteiger partial charge in [0.25, 0.3) is 0 Å². The quantitative estimate of drug-likeness (QED) is 0.724. The molecule has 74 valence electrons. The molecule has 2 rings (SSSR count). The van der Waals surface area contributed by atoms with E-state index in [1.54, 1.807) is 0 Å². The normalized spacial score (nSPS) is 15.4. The predicted molar refractivity (Wildman–Crippen MR) is 55.9 cm³/mol. The maximum absolute atomic E-state index is 10.6. The first-order chi connectivity index (χ1) is 6.75. The van der Waals surface area contributed by atoms with Crippen LogP contribution in [-0.2, 0) is 17.6 Å². The molecule has 0 aliphatic heterocycles. The van der Waals surface area contributed by atoms with Crippen molar-refractivity contribution >= 4 is 5.91 Å². The van der Waals surface area contributed by atoms with Crippen molar-refractivity contribution in [3.63, 3.8) is 0 Å². The highest BCUT2D eigenvalue weighted by atomic mass is 16.1. The van der Waals surface area contributed by atoms with Gasteiger partial charge < -0.3 is 11.1 Å². The Morgan fingerprint density at radius 3 is 2.50 bits per heavy atom. The summed E-state index contributed by atoms with van der Waals surface area (Å²) >= 11 is 0. The lowest BCUT2D eigenvalue weighted by atomic mass is 10.1. The van der Waals surface area contributed by atoms with Gasteiger partial charge in [0.15, 0.2) is 0 Å². The van der Waals surface area contributed by atoms with Crippen molar-refractivity contribution in [1.29, 1.82) is 0 Å². The molecular weight excluding hydrogens is 176 g/mol. The molecule has 1 aromatic carbocycles. The van der Waals surface area contributed by atoms with Crippen LogP contribution in [0.5, 0.6) is 0 Å². The molecule has 0 saturated carbocycles. The summed E-state index contributed by atoms with van der Waals surface area (Å²) in [5, 5.41) is 3.15. The minimum atomic E-state index is -0.291. The summed E-state index contributed by atoms with van der Waals surface area (Å²) in [5.74, 6) is -0.291. The Morgan fingerprint density at radius 1 is 1.43 bits per heavy atom. The van der Waals surface area contributed by atoms with Crippen LogP contribution in [0.25, 0.3) is 0 Å². The highest BCUT2D eigenvalue weighted by molar-refractivity contribution is 5.75. The van der Waals surface area contributed by atoms with Crippen molar-refractivity contribution in [2.45, 2.75) is 18.9 Å². The number of rotatable bonds is 3. The Labute approximate surface area is 84.8 Å². The Kier molecular flexibility index (Phi) is 2.50. The molecular formula is C11H15N2O+. The fourth-order valence-electron chi connectivity index (χ4n) is 1.95. The molecule has 1 aromatic rings. The van der Waals surface area contributed by atoms with E-state index in [1.165, 1.54) is 11.1 Å². The van der Waals surface area contributed by atoms with E-state index in [-0.39, 0.29) is 13.9 Å². The summed E-state index contributed by atoms with van der Waals surface area (Å²) in [6.07, 6.45) is 2.01. The molecule has 1 amide bonds. The van der Waals surface area contributed by atoms with Crippen molar-refractivity contribution in [1.82, 2.24) is 5.32 Å². The van der Waals surface area contributed by atoms with E-state index in [9.17, 15) is 4.79 Å². The highest BCUT2D eigenvalue weighted by Gasteiger charge is 2.20. The van der Waals surface area contributed by atoms with Crippen molar-refractivity contribution in [2.75, 3.05) is 6.54 Å². The Hall–Kier alpha value is -1.35. The van der Waals surface area contributed by atoms with Gasteiger partial charge in [0.2, 0.25) is 5.91 Å². The van der Waals surface area contributed by atoms with Gasteiger partial charge >= 0.3 is 1.43 Å². The first-order valence-corrected chi connectivity index (χ1v) is 4.84. The lowest BCUT2D eigenvalue weighted by molar-refractivity contribution is -0.117. The van der Waals surface area contributed by atoms with E-state index in [4.69, 9.17) is 5.73 Å². The second kappa shape index (κ2) is 3.80. The number of benzene rings is 1. The van der Waals surface area contributed by atoms with Crippen LogP contribution in [0.2, 0.25) is 0 Å². The van der Waals surface area contributed by atoms with E-state index < -0.39 is 0 Å². The number of hydrogen-bond donors (Lipinski definition) is 2. The molecule has 0 fully saturated rings. The molecule has 0 bridgehead atoms. The van der Waals surface area contributed by atoms with E-state index in [1.807, 2.05) is 0 Å². The number of carbonyl (C=O) groups is 1. The summed E-state index contributed by atoms with van der Waals surface area (Å²) < 4.78 is 0. The average Bonchev–Trinajstić information content (AvgIpc) is 2.57. The molecule has 0 atom stereocenters. The number of nitrogens with two attached hydrogens (primary N) is 1. The molecule has 3 N–H and O–H groups in total. The SMILES string of the molecule is NC(=O)CNC1Cc2ccccc2C1.[H+]. The van der Waals surface area contributed by atoms with Crippen LogP contribution in [-0.4, -0.2) is 18.5 Å². The van der Waals surface area contributed by atoms with Crippen LogP contribution in [0.3, 0.4) is 0 Å². The van der Waals surface area contributed by atoms with Gasteiger partial charge in [-0.1, -0.05) is 24.3 Å². The molecule has 0 aromatic heterocycles. The van der Waals surface area contributed by atoms with Crippen LogP contribution >= 0.6 is 0 Å². The van der Waals surface area contributed by atoms with Gasteiger partial charge in [0.05, 0.1) is 6.54 Å². The molecule has 3 nitrogen and oxygen atoms in total. The molecule has 0 heterocycles. The van der Waals surface area contributed by atoms with Gasteiger partial charge in [0.1, 0.15) is 0 Å². The summed E-state index contributed by atoms with van der Waals surface area (Å²) in [6.45, 7) is 0.276. The van der Waals surface area contributed by atoms with Gasteiger partial charge in [-0.25, -0.2) is 0 Å². The number of nitrogens with one attached hydrogen (secondary N) is 1. The molecule has 0 unspecified atom stereocenters. The monoisotopic (exact) mass is 191 g/mol. The third-order valence-electron chi connectivity index (χ3n) is 2.62. The third kappa shape index (κ3) is 1.93.